The van der Waals surface area contributed by atoms with Crippen molar-refractivity contribution < 1.29 is 14.3 Å². The third kappa shape index (κ3) is 5.36. The molecular formula is C15H22ClN3O3. The van der Waals surface area contributed by atoms with Gasteiger partial charge < -0.3 is 20.1 Å². The number of hydrogen-bond donors (Lipinski definition) is 2. The molecule has 1 aliphatic rings. The third-order valence-electron chi connectivity index (χ3n) is 3.49. The molecule has 0 saturated carbocycles. The first-order valence-corrected chi connectivity index (χ1v) is 7.71. The number of urea groups is 1. The number of halogens is 1. The van der Waals surface area contributed by atoms with Crippen LogP contribution in [0.1, 0.15) is 5.56 Å². The van der Waals surface area contributed by atoms with Gasteiger partial charge in [0.25, 0.3) is 0 Å². The number of nitrogens with zero attached hydrogens (tertiary/aromatic N) is 1. The number of benzene rings is 1. The number of hydrogen-bond acceptors (Lipinski definition) is 4. The molecule has 0 unspecified atom stereocenters. The Labute approximate surface area is 135 Å². The fraction of sp³-hybridized carbons (Fsp3) is 0.533. The Bertz CT molecular complexity index is 493. The highest BCUT2D eigenvalue weighted by Gasteiger charge is 2.10. The summed E-state index contributed by atoms with van der Waals surface area (Å²) >= 11 is 6.05. The lowest BCUT2D eigenvalue weighted by Crippen LogP contribution is -2.43. The van der Waals surface area contributed by atoms with E-state index in [0.717, 1.165) is 38.4 Å². The fourth-order valence-corrected chi connectivity index (χ4v) is 2.50. The molecule has 0 bridgehead atoms. The summed E-state index contributed by atoms with van der Waals surface area (Å²) in [6.07, 6.45) is 0. The molecule has 0 radical (unpaired) electrons. The number of amides is 2. The minimum Gasteiger partial charge on any atom is -0.495 e. The van der Waals surface area contributed by atoms with Crippen LogP contribution in [0.25, 0.3) is 0 Å². The molecule has 22 heavy (non-hydrogen) atoms. The van der Waals surface area contributed by atoms with E-state index in [4.69, 9.17) is 21.1 Å². The van der Waals surface area contributed by atoms with Gasteiger partial charge in [-0.15, -0.1) is 0 Å². The van der Waals surface area contributed by atoms with Gasteiger partial charge >= 0.3 is 6.03 Å². The molecule has 0 atom stereocenters. The van der Waals surface area contributed by atoms with E-state index in [-0.39, 0.29) is 6.03 Å². The number of ether oxygens (including phenoxy) is 2. The number of methoxy groups -OCH3 is 1. The van der Waals surface area contributed by atoms with Crippen molar-refractivity contribution in [3.05, 3.63) is 28.8 Å². The SMILES string of the molecule is COc1ccc(CNC(=O)NCCN2CCOCC2)cc1Cl. The zero-order chi connectivity index (χ0) is 15.8. The molecule has 0 aromatic heterocycles. The lowest BCUT2D eigenvalue weighted by molar-refractivity contribution is 0.0387. The number of carbonyl (C=O) groups is 1. The van der Waals surface area contributed by atoms with Gasteiger partial charge in [0.05, 0.1) is 25.3 Å². The van der Waals surface area contributed by atoms with Crippen LogP contribution in [0.4, 0.5) is 4.79 Å². The highest BCUT2D eigenvalue weighted by molar-refractivity contribution is 6.32. The lowest BCUT2D eigenvalue weighted by atomic mass is 10.2. The van der Waals surface area contributed by atoms with Gasteiger partial charge in [-0.2, -0.15) is 0 Å². The van der Waals surface area contributed by atoms with Gasteiger partial charge in [-0.1, -0.05) is 17.7 Å². The van der Waals surface area contributed by atoms with Crippen molar-refractivity contribution in [3.8, 4) is 5.75 Å². The van der Waals surface area contributed by atoms with E-state index < -0.39 is 0 Å². The zero-order valence-corrected chi connectivity index (χ0v) is 13.5. The van der Waals surface area contributed by atoms with E-state index in [0.29, 0.717) is 23.9 Å². The molecule has 0 spiro atoms. The van der Waals surface area contributed by atoms with Gasteiger partial charge in [-0.25, -0.2) is 4.79 Å². The smallest absolute Gasteiger partial charge is 0.315 e. The van der Waals surface area contributed by atoms with Crippen molar-refractivity contribution in [2.45, 2.75) is 6.54 Å². The summed E-state index contributed by atoms with van der Waals surface area (Å²) in [5.41, 5.74) is 0.925. The number of carbonyl (C=O) groups excluding carboxylic acids is 1. The summed E-state index contributed by atoms with van der Waals surface area (Å²) in [7, 11) is 1.57. The summed E-state index contributed by atoms with van der Waals surface area (Å²) in [6, 6.07) is 5.27. The Balaban J connectivity index is 1.65. The molecule has 1 fully saturated rings. The summed E-state index contributed by atoms with van der Waals surface area (Å²) < 4.78 is 10.4. The van der Waals surface area contributed by atoms with E-state index in [9.17, 15) is 4.79 Å². The van der Waals surface area contributed by atoms with Gasteiger partial charge in [0.15, 0.2) is 0 Å². The molecule has 1 aromatic carbocycles. The van der Waals surface area contributed by atoms with Gasteiger partial charge in [0, 0.05) is 32.7 Å². The number of nitrogens with one attached hydrogen (secondary N) is 2. The molecule has 0 aliphatic carbocycles. The minimum absolute atomic E-state index is 0.180. The maximum Gasteiger partial charge on any atom is 0.315 e. The van der Waals surface area contributed by atoms with E-state index in [2.05, 4.69) is 15.5 Å². The van der Waals surface area contributed by atoms with Crippen molar-refractivity contribution in [3.63, 3.8) is 0 Å². The van der Waals surface area contributed by atoms with Crippen LogP contribution in [-0.2, 0) is 11.3 Å². The van der Waals surface area contributed by atoms with Crippen LogP contribution in [-0.4, -0.2) is 57.4 Å². The maximum atomic E-state index is 11.7. The number of morpholine rings is 1. The molecular weight excluding hydrogens is 306 g/mol. The predicted molar refractivity (Wildman–Crippen MR) is 85.5 cm³/mol. The summed E-state index contributed by atoms with van der Waals surface area (Å²) in [4.78, 5) is 14.0. The first-order valence-electron chi connectivity index (χ1n) is 7.33. The Morgan fingerprint density at radius 3 is 2.82 bits per heavy atom. The molecule has 122 valence electrons. The Hall–Kier alpha value is -1.50. The molecule has 6 nitrogen and oxygen atoms in total. The average Bonchev–Trinajstić information content (AvgIpc) is 2.54. The topological polar surface area (TPSA) is 62.8 Å². The lowest BCUT2D eigenvalue weighted by Gasteiger charge is -2.26. The van der Waals surface area contributed by atoms with Crippen molar-refractivity contribution in [1.29, 1.82) is 0 Å². The van der Waals surface area contributed by atoms with Gasteiger partial charge in [-0.3, -0.25) is 4.90 Å². The molecule has 1 aliphatic heterocycles. The summed E-state index contributed by atoms with van der Waals surface area (Å²) in [6.45, 7) is 5.27. The van der Waals surface area contributed by atoms with Crippen molar-refractivity contribution >= 4 is 17.6 Å². The van der Waals surface area contributed by atoms with Crippen LogP contribution < -0.4 is 15.4 Å². The normalized spacial score (nSPS) is 15.4. The van der Waals surface area contributed by atoms with E-state index in [1.807, 2.05) is 6.07 Å². The summed E-state index contributed by atoms with van der Waals surface area (Å²) in [5, 5.41) is 6.19. The monoisotopic (exact) mass is 327 g/mol. The first-order chi connectivity index (χ1) is 10.7. The molecule has 2 amide bonds. The molecule has 1 heterocycles. The van der Waals surface area contributed by atoms with Crippen LogP contribution in [0, 0.1) is 0 Å². The highest BCUT2D eigenvalue weighted by Crippen LogP contribution is 2.24. The molecule has 7 heteroatoms. The third-order valence-corrected chi connectivity index (χ3v) is 3.78. The fourth-order valence-electron chi connectivity index (χ4n) is 2.22. The van der Waals surface area contributed by atoms with Crippen molar-refractivity contribution in [2.75, 3.05) is 46.5 Å². The molecule has 2 N–H and O–H groups in total. The summed E-state index contributed by atoms with van der Waals surface area (Å²) in [5.74, 6) is 0.625. The molecule has 1 saturated heterocycles. The minimum atomic E-state index is -0.180. The van der Waals surface area contributed by atoms with Gasteiger partial charge in [-0.05, 0) is 17.7 Å². The second-order valence-electron chi connectivity index (χ2n) is 5.03. The van der Waals surface area contributed by atoms with Crippen LogP contribution in [0.5, 0.6) is 5.75 Å². The highest BCUT2D eigenvalue weighted by atomic mass is 35.5. The Kier molecular flexibility index (Phi) is 6.76. The van der Waals surface area contributed by atoms with Crippen LogP contribution in [0.2, 0.25) is 5.02 Å². The van der Waals surface area contributed by atoms with Crippen LogP contribution >= 0.6 is 11.6 Å². The second-order valence-corrected chi connectivity index (χ2v) is 5.44. The molecule has 1 aromatic rings. The maximum absolute atomic E-state index is 11.7. The first kappa shape index (κ1) is 16.9. The van der Waals surface area contributed by atoms with Crippen molar-refractivity contribution in [2.24, 2.45) is 0 Å². The van der Waals surface area contributed by atoms with Gasteiger partial charge in [0.2, 0.25) is 0 Å². The standard InChI is InChI=1S/C15H22ClN3O3/c1-21-14-3-2-12(10-13(14)16)11-18-15(20)17-4-5-19-6-8-22-9-7-19/h2-3,10H,4-9,11H2,1H3,(H2,17,18,20). The van der Waals surface area contributed by atoms with Gasteiger partial charge in [0.1, 0.15) is 5.75 Å². The van der Waals surface area contributed by atoms with Crippen molar-refractivity contribution in [1.82, 2.24) is 15.5 Å². The van der Waals surface area contributed by atoms with Crippen LogP contribution in [0.15, 0.2) is 18.2 Å². The second kappa shape index (κ2) is 8.82. The Morgan fingerprint density at radius 1 is 1.36 bits per heavy atom. The van der Waals surface area contributed by atoms with E-state index in [1.54, 1.807) is 19.2 Å². The largest absolute Gasteiger partial charge is 0.495 e. The van der Waals surface area contributed by atoms with Crippen LogP contribution in [0.3, 0.4) is 0 Å². The zero-order valence-electron chi connectivity index (χ0n) is 12.7. The number of rotatable bonds is 6. The van der Waals surface area contributed by atoms with E-state index in [1.165, 1.54) is 0 Å². The van der Waals surface area contributed by atoms with E-state index >= 15 is 0 Å². The average molecular weight is 328 g/mol. The quantitative estimate of drug-likeness (QED) is 0.831. The Morgan fingerprint density at radius 2 is 2.14 bits per heavy atom. The predicted octanol–water partition coefficient (Wildman–Crippen LogP) is 1.48. The molecule has 2 rings (SSSR count).